The third-order valence-corrected chi connectivity index (χ3v) is 5.98. The number of likely N-dealkylation sites (tertiary alicyclic amines) is 1. The molecule has 1 atom stereocenters. The maximum atomic E-state index is 13.0. The van der Waals surface area contributed by atoms with E-state index in [9.17, 15) is 9.59 Å². The Morgan fingerprint density at radius 3 is 2.47 bits per heavy atom. The standard InChI is InChI=1S/C27H29N3O4/c1-33-20-14-15-25(34-2)22(17-20)24-13-8-16-30(24)18-26(31)29-23-12-7-6-11-21(23)27(32)28-19-9-4-3-5-10-19/h3-7,9-12,14-15,17,24H,8,13,16,18H2,1-2H3,(H,28,32)(H,29,31)/t24-/m1/s1. The molecule has 2 amide bonds. The molecular weight excluding hydrogens is 430 g/mol. The van der Waals surface area contributed by atoms with E-state index in [4.69, 9.17) is 9.47 Å². The summed E-state index contributed by atoms with van der Waals surface area (Å²) in [4.78, 5) is 28.0. The van der Waals surface area contributed by atoms with Gasteiger partial charge >= 0.3 is 0 Å². The van der Waals surface area contributed by atoms with Crippen molar-refractivity contribution in [1.29, 1.82) is 0 Å². The molecule has 4 rings (SSSR count). The van der Waals surface area contributed by atoms with Crippen molar-refractivity contribution >= 4 is 23.2 Å². The minimum absolute atomic E-state index is 0.0485. The Kier molecular flexibility index (Phi) is 7.44. The van der Waals surface area contributed by atoms with Gasteiger partial charge in [-0.25, -0.2) is 0 Å². The summed E-state index contributed by atoms with van der Waals surface area (Å²) in [5.74, 6) is 1.09. The molecule has 2 N–H and O–H groups in total. The van der Waals surface area contributed by atoms with Crippen molar-refractivity contribution in [3.8, 4) is 11.5 Å². The van der Waals surface area contributed by atoms with E-state index in [1.54, 1.807) is 38.5 Å². The Morgan fingerprint density at radius 1 is 0.941 bits per heavy atom. The van der Waals surface area contributed by atoms with Crippen molar-refractivity contribution < 1.29 is 19.1 Å². The van der Waals surface area contributed by atoms with Gasteiger partial charge in [0.05, 0.1) is 32.0 Å². The number of para-hydroxylation sites is 2. The Balaban J connectivity index is 1.47. The molecule has 176 valence electrons. The average Bonchev–Trinajstić information content (AvgIpc) is 3.32. The second-order valence-corrected chi connectivity index (χ2v) is 8.15. The lowest BCUT2D eigenvalue weighted by Gasteiger charge is -2.26. The van der Waals surface area contributed by atoms with E-state index in [1.165, 1.54) is 0 Å². The number of nitrogens with one attached hydrogen (secondary N) is 2. The summed E-state index contributed by atoms with van der Waals surface area (Å²) in [6.45, 7) is 1.01. The topological polar surface area (TPSA) is 79.9 Å². The third kappa shape index (κ3) is 5.38. The molecule has 0 bridgehead atoms. The van der Waals surface area contributed by atoms with Gasteiger partial charge in [0.2, 0.25) is 5.91 Å². The number of anilines is 2. The fourth-order valence-corrected chi connectivity index (χ4v) is 4.35. The van der Waals surface area contributed by atoms with Crippen molar-refractivity contribution in [3.05, 3.63) is 83.9 Å². The minimum Gasteiger partial charge on any atom is -0.497 e. The van der Waals surface area contributed by atoms with Gasteiger partial charge in [-0.3, -0.25) is 14.5 Å². The van der Waals surface area contributed by atoms with Crippen LogP contribution in [0, 0.1) is 0 Å². The van der Waals surface area contributed by atoms with Crippen molar-refractivity contribution in [2.75, 3.05) is 37.9 Å². The molecule has 3 aromatic rings. The molecular formula is C27H29N3O4. The molecule has 3 aromatic carbocycles. The zero-order valence-electron chi connectivity index (χ0n) is 19.4. The monoisotopic (exact) mass is 459 g/mol. The number of nitrogens with zero attached hydrogens (tertiary/aromatic N) is 1. The number of benzene rings is 3. The second-order valence-electron chi connectivity index (χ2n) is 8.15. The molecule has 0 aliphatic carbocycles. The molecule has 0 radical (unpaired) electrons. The molecule has 0 saturated carbocycles. The van der Waals surface area contributed by atoms with Crippen molar-refractivity contribution in [2.45, 2.75) is 18.9 Å². The summed E-state index contributed by atoms with van der Waals surface area (Å²) >= 11 is 0. The highest BCUT2D eigenvalue weighted by Gasteiger charge is 2.30. The first-order chi connectivity index (χ1) is 16.6. The van der Waals surface area contributed by atoms with Gasteiger partial charge in [-0.1, -0.05) is 30.3 Å². The number of rotatable bonds is 8. The van der Waals surface area contributed by atoms with Gasteiger partial charge in [0.25, 0.3) is 5.91 Å². The average molecular weight is 460 g/mol. The molecule has 0 aromatic heterocycles. The molecule has 34 heavy (non-hydrogen) atoms. The first-order valence-corrected chi connectivity index (χ1v) is 11.3. The third-order valence-electron chi connectivity index (χ3n) is 5.98. The molecule has 1 aliphatic rings. The zero-order chi connectivity index (χ0) is 23.9. The van der Waals surface area contributed by atoms with Crippen LogP contribution in [0.15, 0.2) is 72.8 Å². The number of hydrogen-bond donors (Lipinski definition) is 2. The second kappa shape index (κ2) is 10.9. The van der Waals surface area contributed by atoms with Crippen LogP contribution >= 0.6 is 0 Å². The van der Waals surface area contributed by atoms with Gasteiger partial charge in [0.15, 0.2) is 0 Å². The summed E-state index contributed by atoms with van der Waals surface area (Å²) in [5.41, 5.74) is 2.60. The zero-order valence-corrected chi connectivity index (χ0v) is 19.4. The molecule has 1 aliphatic heterocycles. The minimum atomic E-state index is -0.276. The van der Waals surface area contributed by atoms with Gasteiger partial charge in [-0.05, 0) is 61.9 Å². The van der Waals surface area contributed by atoms with Crippen LogP contribution in [0.1, 0.15) is 34.8 Å². The van der Waals surface area contributed by atoms with Crippen molar-refractivity contribution in [2.24, 2.45) is 0 Å². The van der Waals surface area contributed by atoms with E-state index in [-0.39, 0.29) is 24.4 Å². The molecule has 1 heterocycles. The maximum absolute atomic E-state index is 13.0. The summed E-state index contributed by atoms with van der Waals surface area (Å²) < 4.78 is 11.0. The van der Waals surface area contributed by atoms with Crippen LogP contribution in [0.25, 0.3) is 0 Å². The van der Waals surface area contributed by atoms with E-state index < -0.39 is 0 Å². The van der Waals surface area contributed by atoms with Gasteiger partial charge in [0.1, 0.15) is 11.5 Å². The predicted molar refractivity (Wildman–Crippen MR) is 133 cm³/mol. The van der Waals surface area contributed by atoms with Crippen LogP contribution in [0.3, 0.4) is 0 Å². The highest BCUT2D eigenvalue weighted by atomic mass is 16.5. The number of ether oxygens (including phenoxy) is 2. The fourth-order valence-electron chi connectivity index (χ4n) is 4.35. The van der Waals surface area contributed by atoms with Gasteiger partial charge in [-0.2, -0.15) is 0 Å². The lowest BCUT2D eigenvalue weighted by molar-refractivity contribution is -0.117. The quantitative estimate of drug-likeness (QED) is 0.509. The van der Waals surface area contributed by atoms with Crippen LogP contribution < -0.4 is 20.1 Å². The number of carbonyl (C=O) groups excluding carboxylic acids is 2. The summed E-state index contributed by atoms with van der Waals surface area (Å²) in [7, 11) is 3.28. The van der Waals surface area contributed by atoms with Crippen molar-refractivity contribution in [3.63, 3.8) is 0 Å². The Labute approximate surface area is 199 Å². The van der Waals surface area contributed by atoms with Crippen LogP contribution in [-0.2, 0) is 4.79 Å². The summed E-state index contributed by atoms with van der Waals surface area (Å²) in [6.07, 6.45) is 1.90. The van der Waals surface area contributed by atoms with E-state index in [1.807, 2.05) is 48.5 Å². The number of methoxy groups -OCH3 is 2. The van der Waals surface area contributed by atoms with Gasteiger partial charge in [0, 0.05) is 17.3 Å². The Hall–Kier alpha value is -3.84. The first-order valence-electron chi connectivity index (χ1n) is 11.3. The molecule has 0 unspecified atom stereocenters. The molecule has 7 heteroatoms. The predicted octanol–water partition coefficient (Wildman–Crippen LogP) is 4.73. The maximum Gasteiger partial charge on any atom is 0.257 e. The SMILES string of the molecule is COc1ccc(OC)c([C@H]2CCCN2CC(=O)Nc2ccccc2C(=O)Nc2ccccc2)c1. The first kappa shape index (κ1) is 23.3. The fraction of sp³-hybridized carbons (Fsp3) is 0.259. The van der Waals surface area contributed by atoms with E-state index in [2.05, 4.69) is 15.5 Å². The number of amides is 2. The van der Waals surface area contributed by atoms with Crippen LogP contribution in [0.4, 0.5) is 11.4 Å². The molecule has 0 spiro atoms. The van der Waals surface area contributed by atoms with Gasteiger partial charge < -0.3 is 20.1 Å². The van der Waals surface area contributed by atoms with Gasteiger partial charge in [-0.15, -0.1) is 0 Å². The van der Waals surface area contributed by atoms with E-state index in [0.29, 0.717) is 16.9 Å². The highest BCUT2D eigenvalue weighted by Crippen LogP contribution is 2.38. The largest absolute Gasteiger partial charge is 0.497 e. The van der Waals surface area contributed by atoms with Crippen LogP contribution in [-0.4, -0.2) is 44.0 Å². The van der Waals surface area contributed by atoms with Crippen molar-refractivity contribution in [1.82, 2.24) is 4.90 Å². The lowest BCUT2D eigenvalue weighted by Crippen LogP contribution is -2.33. The summed E-state index contributed by atoms with van der Waals surface area (Å²) in [5, 5.41) is 5.80. The van der Waals surface area contributed by atoms with E-state index >= 15 is 0 Å². The van der Waals surface area contributed by atoms with Crippen LogP contribution in [0.5, 0.6) is 11.5 Å². The Bertz CT molecular complexity index is 1150. The normalized spacial score (nSPS) is 15.5. The molecule has 1 fully saturated rings. The molecule has 7 nitrogen and oxygen atoms in total. The number of carbonyl (C=O) groups is 2. The van der Waals surface area contributed by atoms with E-state index in [0.717, 1.165) is 36.4 Å². The molecule has 1 saturated heterocycles. The highest BCUT2D eigenvalue weighted by molar-refractivity contribution is 6.10. The number of hydrogen-bond acceptors (Lipinski definition) is 5. The summed E-state index contributed by atoms with van der Waals surface area (Å²) in [6, 6.07) is 22.0. The van der Waals surface area contributed by atoms with Crippen LogP contribution in [0.2, 0.25) is 0 Å². The smallest absolute Gasteiger partial charge is 0.257 e. The Morgan fingerprint density at radius 2 is 1.71 bits per heavy atom. The lowest BCUT2D eigenvalue weighted by atomic mass is 10.0.